The van der Waals surface area contributed by atoms with E-state index in [1.54, 1.807) is 6.07 Å². The predicted octanol–water partition coefficient (Wildman–Crippen LogP) is 3.38. The molecule has 0 saturated carbocycles. The molecule has 4 nitrogen and oxygen atoms in total. The minimum absolute atomic E-state index is 0.213. The van der Waals surface area contributed by atoms with Crippen LogP contribution in [0, 0.1) is 0 Å². The summed E-state index contributed by atoms with van der Waals surface area (Å²) in [6.45, 7) is 1.51. The van der Waals surface area contributed by atoms with Gasteiger partial charge in [-0.15, -0.1) is 0 Å². The number of benzene rings is 1. The van der Waals surface area contributed by atoms with Gasteiger partial charge in [0, 0.05) is 55.5 Å². The number of ether oxygens (including phenoxy) is 1. The van der Waals surface area contributed by atoms with Gasteiger partial charge < -0.3 is 14.6 Å². The van der Waals surface area contributed by atoms with Gasteiger partial charge in [-0.2, -0.15) is 0 Å². The molecule has 0 radical (unpaired) electrons. The van der Waals surface area contributed by atoms with Crippen LogP contribution in [0.1, 0.15) is 23.9 Å². The number of aromatic nitrogens is 2. The van der Waals surface area contributed by atoms with Gasteiger partial charge in [0.25, 0.3) is 0 Å². The van der Waals surface area contributed by atoms with Crippen molar-refractivity contribution in [3.63, 3.8) is 0 Å². The molecule has 2 aromatic rings. The van der Waals surface area contributed by atoms with E-state index in [-0.39, 0.29) is 6.04 Å². The van der Waals surface area contributed by atoms with Gasteiger partial charge in [0.2, 0.25) is 0 Å². The van der Waals surface area contributed by atoms with Crippen LogP contribution >= 0.6 is 23.2 Å². The van der Waals surface area contributed by atoms with Crippen LogP contribution < -0.4 is 10.1 Å². The number of hydrogen-bond acceptors (Lipinski definition) is 3. The molecule has 0 fully saturated rings. The van der Waals surface area contributed by atoms with Crippen molar-refractivity contribution in [1.82, 2.24) is 14.9 Å². The molecule has 0 aliphatic carbocycles. The Kier molecular flexibility index (Phi) is 4.38. The van der Waals surface area contributed by atoms with Crippen LogP contribution in [0.4, 0.5) is 0 Å². The highest BCUT2D eigenvalue weighted by Crippen LogP contribution is 2.39. The summed E-state index contributed by atoms with van der Waals surface area (Å²) >= 11 is 12.3. The Balaban J connectivity index is 1.69. The number of fused-ring (bicyclic) bond motifs is 1. The lowest BCUT2D eigenvalue weighted by atomic mass is 10.0. The number of halogens is 2. The number of nitrogens with zero attached hydrogens (tertiary/aromatic N) is 2. The molecule has 0 bridgehead atoms. The topological polar surface area (TPSA) is 39.1 Å². The normalized spacial score (nSPS) is 17.4. The molecule has 0 spiro atoms. The maximum atomic E-state index is 6.20. The van der Waals surface area contributed by atoms with E-state index in [1.807, 2.05) is 30.1 Å². The molecule has 1 N–H and O–H groups in total. The third-order valence-electron chi connectivity index (χ3n) is 3.73. The summed E-state index contributed by atoms with van der Waals surface area (Å²) in [5.41, 5.74) is 1.04. The minimum atomic E-state index is 0.213. The Labute approximate surface area is 134 Å². The van der Waals surface area contributed by atoms with Crippen LogP contribution in [0.2, 0.25) is 10.0 Å². The molecule has 1 aromatic carbocycles. The summed E-state index contributed by atoms with van der Waals surface area (Å²) in [6, 6.07) is 3.86. The first-order valence-electron chi connectivity index (χ1n) is 6.96. The van der Waals surface area contributed by atoms with E-state index in [9.17, 15) is 0 Å². The van der Waals surface area contributed by atoms with Crippen molar-refractivity contribution in [3.05, 3.63) is 46.0 Å². The molecule has 112 valence electrons. The van der Waals surface area contributed by atoms with Crippen molar-refractivity contribution in [1.29, 1.82) is 0 Å². The highest BCUT2D eigenvalue weighted by molar-refractivity contribution is 6.35. The zero-order chi connectivity index (χ0) is 14.8. The number of imidazole rings is 1. The summed E-state index contributed by atoms with van der Waals surface area (Å²) in [7, 11) is 2.01. The van der Waals surface area contributed by atoms with Gasteiger partial charge in [0.1, 0.15) is 11.6 Å². The quantitative estimate of drug-likeness (QED) is 0.936. The SMILES string of the molecule is Cn1ccnc1CCNC1CCOc2c(Cl)cc(Cl)cc21. The van der Waals surface area contributed by atoms with E-state index in [1.165, 1.54) is 0 Å². The first-order valence-corrected chi connectivity index (χ1v) is 7.72. The standard InChI is InChI=1S/C15H17Cl2N3O/c1-20-6-5-19-14(20)2-4-18-13-3-7-21-15-11(13)8-10(16)9-12(15)17/h5-6,8-9,13,18H,2-4,7H2,1H3. The van der Waals surface area contributed by atoms with Crippen LogP contribution in [0.3, 0.4) is 0 Å². The number of rotatable bonds is 4. The lowest BCUT2D eigenvalue weighted by Crippen LogP contribution is -2.29. The summed E-state index contributed by atoms with van der Waals surface area (Å²) in [5, 5.41) is 4.76. The van der Waals surface area contributed by atoms with Gasteiger partial charge in [-0.25, -0.2) is 4.98 Å². The molecule has 3 rings (SSSR count). The van der Waals surface area contributed by atoms with E-state index >= 15 is 0 Å². The Morgan fingerprint density at radius 1 is 1.43 bits per heavy atom. The second-order valence-corrected chi connectivity index (χ2v) is 6.00. The van der Waals surface area contributed by atoms with Crippen molar-refractivity contribution in [2.75, 3.05) is 13.2 Å². The molecular formula is C15H17Cl2N3O. The van der Waals surface area contributed by atoms with Gasteiger partial charge in [0.15, 0.2) is 0 Å². The zero-order valence-electron chi connectivity index (χ0n) is 11.8. The summed E-state index contributed by atoms with van der Waals surface area (Å²) in [6.07, 6.45) is 5.56. The lowest BCUT2D eigenvalue weighted by molar-refractivity contribution is 0.253. The van der Waals surface area contributed by atoms with Gasteiger partial charge in [-0.05, 0) is 12.1 Å². The third-order valence-corrected chi connectivity index (χ3v) is 4.22. The molecule has 6 heteroatoms. The average Bonchev–Trinajstić information content (AvgIpc) is 2.85. The third kappa shape index (κ3) is 3.18. The highest BCUT2D eigenvalue weighted by Gasteiger charge is 2.23. The Hall–Kier alpha value is -1.23. The average molecular weight is 326 g/mol. The number of nitrogens with one attached hydrogen (secondary N) is 1. The lowest BCUT2D eigenvalue weighted by Gasteiger charge is -2.27. The monoisotopic (exact) mass is 325 g/mol. The van der Waals surface area contributed by atoms with E-state index in [2.05, 4.69) is 10.3 Å². The van der Waals surface area contributed by atoms with Gasteiger partial charge in [-0.3, -0.25) is 0 Å². The van der Waals surface area contributed by atoms with Crippen LogP contribution in [0.5, 0.6) is 5.75 Å². The Bertz CT molecular complexity index is 642. The fraction of sp³-hybridized carbons (Fsp3) is 0.400. The van der Waals surface area contributed by atoms with Crippen LogP contribution in [-0.2, 0) is 13.5 Å². The molecule has 0 amide bonds. The first kappa shape index (κ1) is 14.7. The molecule has 2 heterocycles. The second kappa shape index (κ2) is 6.26. The van der Waals surface area contributed by atoms with Gasteiger partial charge in [-0.1, -0.05) is 23.2 Å². The molecule has 0 saturated heterocycles. The van der Waals surface area contributed by atoms with Crippen LogP contribution in [-0.4, -0.2) is 22.7 Å². The molecule has 1 aliphatic rings. The predicted molar refractivity (Wildman–Crippen MR) is 84.2 cm³/mol. The van der Waals surface area contributed by atoms with E-state index in [0.29, 0.717) is 16.7 Å². The van der Waals surface area contributed by atoms with E-state index in [4.69, 9.17) is 27.9 Å². The number of aryl methyl sites for hydroxylation is 1. The molecular weight excluding hydrogens is 309 g/mol. The fourth-order valence-corrected chi connectivity index (χ4v) is 3.20. The van der Waals surface area contributed by atoms with E-state index < -0.39 is 0 Å². The van der Waals surface area contributed by atoms with Crippen molar-refractivity contribution < 1.29 is 4.74 Å². The van der Waals surface area contributed by atoms with Crippen molar-refractivity contribution in [2.24, 2.45) is 7.05 Å². The fourth-order valence-electron chi connectivity index (χ4n) is 2.63. The summed E-state index contributed by atoms with van der Waals surface area (Å²) in [4.78, 5) is 4.33. The van der Waals surface area contributed by atoms with Crippen LogP contribution in [0.15, 0.2) is 24.5 Å². The second-order valence-electron chi connectivity index (χ2n) is 5.15. The maximum absolute atomic E-state index is 6.20. The summed E-state index contributed by atoms with van der Waals surface area (Å²) < 4.78 is 7.70. The highest BCUT2D eigenvalue weighted by atomic mass is 35.5. The largest absolute Gasteiger partial charge is 0.492 e. The van der Waals surface area contributed by atoms with Crippen molar-refractivity contribution in [3.8, 4) is 5.75 Å². The van der Waals surface area contributed by atoms with E-state index in [0.717, 1.165) is 36.5 Å². The molecule has 1 aliphatic heterocycles. The molecule has 1 aromatic heterocycles. The maximum Gasteiger partial charge on any atom is 0.142 e. The van der Waals surface area contributed by atoms with Gasteiger partial charge in [0.05, 0.1) is 11.6 Å². The van der Waals surface area contributed by atoms with Gasteiger partial charge >= 0.3 is 0 Å². The smallest absolute Gasteiger partial charge is 0.142 e. The summed E-state index contributed by atoms with van der Waals surface area (Å²) in [5.74, 6) is 1.82. The molecule has 1 atom stereocenters. The number of hydrogen-bond donors (Lipinski definition) is 1. The molecule has 1 unspecified atom stereocenters. The minimum Gasteiger partial charge on any atom is -0.492 e. The Morgan fingerprint density at radius 2 is 2.29 bits per heavy atom. The van der Waals surface area contributed by atoms with Crippen LogP contribution in [0.25, 0.3) is 0 Å². The first-order chi connectivity index (χ1) is 10.1. The Morgan fingerprint density at radius 3 is 3.05 bits per heavy atom. The molecule has 21 heavy (non-hydrogen) atoms. The zero-order valence-corrected chi connectivity index (χ0v) is 13.3. The van der Waals surface area contributed by atoms with Crippen molar-refractivity contribution >= 4 is 23.2 Å². The van der Waals surface area contributed by atoms with Crippen molar-refractivity contribution in [2.45, 2.75) is 18.9 Å².